The van der Waals surface area contributed by atoms with Crippen LogP contribution in [-0.2, 0) is 24.4 Å². The van der Waals surface area contributed by atoms with Crippen LogP contribution in [0.4, 0.5) is 17.6 Å². The van der Waals surface area contributed by atoms with Crippen molar-refractivity contribution in [3.63, 3.8) is 0 Å². The van der Waals surface area contributed by atoms with Crippen molar-refractivity contribution < 1.29 is 31.8 Å². The number of alkyl halides is 2. The maximum atomic E-state index is 14.5. The van der Waals surface area contributed by atoms with Crippen LogP contribution in [0.2, 0.25) is 0 Å². The largest absolute Gasteiger partial charge is 0.465 e. The van der Waals surface area contributed by atoms with E-state index in [2.05, 4.69) is 23.0 Å². The highest BCUT2D eigenvalue weighted by Crippen LogP contribution is 2.35. The third-order valence-electron chi connectivity index (χ3n) is 7.59. The molecule has 1 aromatic heterocycles. The van der Waals surface area contributed by atoms with Crippen LogP contribution in [-0.4, -0.2) is 40.3 Å². The second-order valence-electron chi connectivity index (χ2n) is 11.5. The van der Waals surface area contributed by atoms with Crippen molar-refractivity contribution in [2.24, 2.45) is 0 Å². The molecular formula is C39H43F4N3O3. The molecule has 6 nitrogen and oxygen atoms in total. The summed E-state index contributed by atoms with van der Waals surface area (Å²) in [6.07, 6.45) is 3.53. The summed E-state index contributed by atoms with van der Waals surface area (Å²) in [5, 5.41) is 0. The molecule has 49 heavy (non-hydrogen) atoms. The molecule has 0 fully saturated rings. The lowest BCUT2D eigenvalue weighted by atomic mass is 10.1. The number of nitrogens with zero attached hydrogens (tertiary/aromatic N) is 3. The number of imidazole rings is 1. The second kappa shape index (κ2) is 18.1. The molecule has 1 aliphatic rings. The van der Waals surface area contributed by atoms with Crippen LogP contribution in [0.25, 0.3) is 22.6 Å². The van der Waals surface area contributed by atoms with Gasteiger partial charge in [-0.2, -0.15) is 4.39 Å². The molecule has 2 atom stereocenters. The van der Waals surface area contributed by atoms with Gasteiger partial charge < -0.3 is 18.8 Å². The van der Waals surface area contributed by atoms with Crippen molar-refractivity contribution in [3.05, 3.63) is 126 Å². The van der Waals surface area contributed by atoms with Gasteiger partial charge in [0.25, 0.3) is 6.36 Å². The van der Waals surface area contributed by atoms with E-state index < -0.39 is 24.2 Å². The number of halogens is 4. The molecule has 2 unspecified atom stereocenters. The van der Waals surface area contributed by atoms with Crippen molar-refractivity contribution in [2.75, 3.05) is 13.3 Å². The Balaban J connectivity index is 0.00000128. The molecule has 0 amide bonds. The molecule has 1 aliphatic heterocycles. The Labute approximate surface area is 286 Å². The summed E-state index contributed by atoms with van der Waals surface area (Å²) in [4.78, 5) is 7.08. The summed E-state index contributed by atoms with van der Waals surface area (Å²) >= 11 is 0. The van der Waals surface area contributed by atoms with Gasteiger partial charge in [0.2, 0.25) is 6.79 Å². The Morgan fingerprint density at radius 3 is 2.37 bits per heavy atom. The lowest BCUT2D eigenvalue weighted by Gasteiger charge is -2.25. The Hall–Kier alpha value is -4.83. The highest BCUT2D eigenvalue weighted by molar-refractivity contribution is 5.68. The van der Waals surface area contributed by atoms with Crippen LogP contribution in [0.1, 0.15) is 45.4 Å². The molecule has 0 bridgehead atoms. The van der Waals surface area contributed by atoms with Gasteiger partial charge in [-0.25, -0.2) is 18.2 Å². The smallest absolute Gasteiger partial charge is 0.268 e. The maximum Gasteiger partial charge on any atom is 0.268 e. The summed E-state index contributed by atoms with van der Waals surface area (Å²) in [6.45, 7) is 13.1. The van der Waals surface area contributed by atoms with Crippen LogP contribution in [0.3, 0.4) is 0 Å². The van der Waals surface area contributed by atoms with E-state index in [0.717, 1.165) is 48.6 Å². The maximum absolute atomic E-state index is 14.5. The first-order chi connectivity index (χ1) is 23.6. The molecule has 0 saturated carbocycles. The number of hydrogen-bond acceptors (Lipinski definition) is 5. The summed E-state index contributed by atoms with van der Waals surface area (Å²) in [7, 11) is 0. The van der Waals surface area contributed by atoms with Gasteiger partial charge >= 0.3 is 0 Å². The zero-order valence-electron chi connectivity index (χ0n) is 28.3. The average molecular weight is 678 g/mol. The fraction of sp³-hybridized carbons (Fsp3) is 0.308. The van der Waals surface area contributed by atoms with Crippen LogP contribution < -0.4 is 9.47 Å². The Kier molecular flexibility index (Phi) is 13.6. The first-order valence-corrected chi connectivity index (χ1v) is 16.2. The fourth-order valence-corrected chi connectivity index (χ4v) is 5.13. The average Bonchev–Trinajstić information content (AvgIpc) is 3.71. The van der Waals surface area contributed by atoms with E-state index in [1.807, 2.05) is 74.5 Å². The highest BCUT2D eigenvalue weighted by atomic mass is 19.2. The van der Waals surface area contributed by atoms with Gasteiger partial charge in [-0.15, -0.1) is 0 Å². The number of allylic oxidation sites excluding steroid dienone is 2. The Bertz CT molecular complexity index is 1730. The Morgan fingerprint density at radius 1 is 0.959 bits per heavy atom. The number of hydrogen-bond donors (Lipinski definition) is 0. The molecule has 3 aromatic carbocycles. The summed E-state index contributed by atoms with van der Waals surface area (Å²) in [5.74, 6) is 0.0977. The normalized spacial score (nSPS) is 13.5. The molecule has 0 radical (unpaired) electrons. The first-order valence-electron chi connectivity index (χ1n) is 16.2. The molecule has 260 valence electrons. The van der Waals surface area contributed by atoms with Gasteiger partial charge in [-0.05, 0) is 74.7 Å². The highest BCUT2D eigenvalue weighted by Gasteiger charge is 2.24. The van der Waals surface area contributed by atoms with E-state index in [1.54, 1.807) is 0 Å². The van der Waals surface area contributed by atoms with Gasteiger partial charge in [0.15, 0.2) is 29.3 Å². The summed E-state index contributed by atoms with van der Waals surface area (Å²) in [5.41, 5.74) is 4.16. The first kappa shape index (κ1) is 37.0. The van der Waals surface area contributed by atoms with Gasteiger partial charge in [0.05, 0.1) is 17.6 Å². The number of ether oxygens (including phenoxy) is 3. The van der Waals surface area contributed by atoms with Crippen LogP contribution in [0, 0.1) is 11.6 Å². The number of fused-ring (bicyclic) bond motifs is 1. The molecule has 0 N–H and O–H groups in total. The molecule has 10 heteroatoms. The van der Waals surface area contributed by atoms with E-state index in [9.17, 15) is 17.6 Å². The van der Waals surface area contributed by atoms with Crippen molar-refractivity contribution in [1.82, 2.24) is 14.5 Å². The van der Waals surface area contributed by atoms with Crippen LogP contribution in [0.5, 0.6) is 11.5 Å². The summed E-state index contributed by atoms with van der Waals surface area (Å²) in [6, 6.07) is 19.2. The van der Waals surface area contributed by atoms with Crippen LogP contribution in [0.15, 0.2) is 103 Å². The van der Waals surface area contributed by atoms with E-state index >= 15 is 0 Å². The van der Waals surface area contributed by atoms with Gasteiger partial charge in [-0.3, -0.25) is 4.90 Å². The zero-order chi connectivity index (χ0) is 35.3. The van der Waals surface area contributed by atoms with Crippen molar-refractivity contribution >= 4 is 0 Å². The minimum absolute atomic E-state index is 0.146. The molecule has 0 spiro atoms. The van der Waals surface area contributed by atoms with Gasteiger partial charge in [-0.1, -0.05) is 62.1 Å². The predicted molar refractivity (Wildman–Crippen MR) is 185 cm³/mol. The molecule has 2 heterocycles. The lowest BCUT2D eigenvalue weighted by molar-refractivity contribution is -0.0315. The molecule has 5 rings (SSSR count). The number of benzene rings is 3. The second-order valence-corrected chi connectivity index (χ2v) is 11.5. The monoisotopic (exact) mass is 677 g/mol. The van der Waals surface area contributed by atoms with E-state index in [1.165, 1.54) is 12.1 Å². The van der Waals surface area contributed by atoms with Crippen molar-refractivity contribution in [2.45, 2.75) is 66.3 Å². The van der Waals surface area contributed by atoms with Crippen LogP contribution >= 0.6 is 0 Å². The molecule has 0 saturated heterocycles. The topological polar surface area (TPSA) is 48.8 Å². The standard InChI is InChI=1S/C35H35F4N3O3.C4H8/c1-4-15-42-30(33(27-11-12-28(37)29(38)18-27)40-35(42)26-8-6-5-7-9-26)21-41(19-23(2)14-16-43-34(39)24(3)36)20-25-10-13-31-32(17-25)45-22-44-31;1-3-4-2/h5-14,16-18,24,34H,2,4,15,19-22H2,1,3H3;3-4H,1-2H3/b16-14+;4-3-. The molecule has 4 aromatic rings. The van der Waals surface area contributed by atoms with Gasteiger partial charge in [0.1, 0.15) is 5.82 Å². The predicted octanol–water partition coefficient (Wildman–Crippen LogP) is 9.96. The number of rotatable bonds is 14. The van der Waals surface area contributed by atoms with E-state index in [-0.39, 0.29) is 6.79 Å². The van der Waals surface area contributed by atoms with Gasteiger partial charge in [0, 0.05) is 37.3 Å². The lowest BCUT2D eigenvalue weighted by Crippen LogP contribution is -2.26. The van der Waals surface area contributed by atoms with Crippen molar-refractivity contribution in [3.8, 4) is 34.1 Å². The Morgan fingerprint density at radius 2 is 1.69 bits per heavy atom. The summed E-state index contributed by atoms with van der Waals surface area (Å²) < 4.78 is 73.4. The quantitative estimate of drug-likeness (QED) is 0.0576. The minimum atomic E-state index is -2.09. The third-order valence-corrected chi connectivity index (χ3v) is 7.59. The number of aromatic nitrogens is 2. The minimum Gasteiger partial charge on any atom is -0.465 e. The van der Waals surface area contributed by atoms with Crippen molar-refractivity contribution in [1.29, 1.82) is 0 Å². The fourth-order valence-electron chi connectivity index (χ4n) is 5.13. The van der Waals surface area contributed by atoms with E-state index in [4.69, 9.17) is 19.2 Å². The molecule has 0 aliphatic carbocycles. The zero-order valence-corrected chi connectivity index (χ0v) is 28.3. The van der Waals surface area contributed by atoms with E-state index in [0.29, 0.717) is 60.3 Å². The SMILES string of the molecule is C/C=C\C.C=C(/C=C/OC(F)C(C)F)CN(Cc1ccc2c(c1)OCO2)Cc1c(-c2ccc(F)c(F)c2)nc(-c2ccccc2)n1CCC. The third kappa shape index (κ3) is 10.1. The molecular weight excluding hydrogens is 634 g/mol.